The molecular formula is C15H19N3OS. The summed E-state index contributed by atoms with van der Waals surface area (Å²) in [5.41, 5.74) is 4.19. The first kappa shape index (κ1) is 13.5. The molecule has 1 aliphatic carbocycles. The van der Waals surface area contributed by atoms with E-state index in [-0.39, 0.29) is 0 Å². The summed E-state index contributed by atoms with van der Waals surface area (Å²) in [7, 11) is 0. The van der Waals surface area contributed by atoms with E-state index in [1.54, 1.807) is 11.3 Å². The van der Waals surface area contributed by atoms with Gasteiger partial charge in [0.05, 0.1) is 24.0 Å². The number of aromatic nitrogens is 2. The predicted octanol–water partition coefficient (Wildman–Crippen LogP) is 2.72. The standard InChI is InChI=1S/C15H19N3OS/c1-11-15(20-10-18-11)5-7-19-14-9-16-6-4-12(14)8-17-13-2-3-13/h4,6,9-10,13,17H,2-3,5,7-8H2,1H3. The highest BCUT2D eigenvalue weighted by Gasteiger charge is 2.20. The van der Waals surface area contributed by atoms with Gasteiger partial charge < -0.3 is 10.1 Å². The number of nitrogens with zero attached hydrogens (tertiary/aromatic N) is 2. The Morgan fingerprint density at radius 1 is 1.45 bits per heavy atom. The molecule has 3 rings (SSSR count). The number of ether oxygens (including phenoxy) is 1. The average Bonchev–Trinajstić information content (AvgIpc) is 3.21. The van der Waals surface area contributed by atoms with Gasteiger partial charge in [0.2, 0.25) is 0 Å². The molecule has 2 aromatic rings. The third kappa shape index (κ3) is 3.55. The van der Waals surface area contributed by atoms with Crippen molar-refractivity contribution in [2.45, 2.75) is 38.8 Å². The highest BCUT2D eigenvalue weighted by molar-refractivity contribution is 7.09. The van der Waals surface area contributed by atoms with Crippen molar-refractivity contribution in [3.8, 4) is 5.75 Å². The molecule has 5 heteroatoms. The van der Waals surface area contributed by atoms with Gasteiger partial charge in [0.1, 0.15) is 5.75 Å². The maximum Gasteiger partial charge on any atom is 0.142 e. The molecule has 0 amide bonds. The van der Waals surface area contributed by atoms with Crippen LogP contribution >= 0.6 is 11.3 Å². The molecule has 20 heavy (non-hydrogen) atoms. The normalized spacial score (nSPS) is 14.4. The summed E-state index contributed by atoms with van der Waals surface area (Å²) in [5.74, 6) is 0.891. The Balaban J connectivity index is 1.54. The van der Waals surface area contributed by atoms with Crippen LogP contribution in [0.15, 0.2) is 24.0 Å². The lowest BCUT2D eigenvalue weighted by atomic mass is 10.2. The molecule has 0 aliphatic heterocycles. The Kier molecular flexibility index (Phi) is 4.28. The fourth-order valence-electron chi connectivity index (χ4n) is 2.05. The third-order valence-corrected chi connectivity index (χ3v) is 4.46. The van der Waals surface area contributed by atoms with Crippen LogP contribution < -0.4 is 10.1 Å². The van der Waals surface area contributed by atoms with Crippen molar-refractivity contribution < 1.29 is 4.74 Å². The van der Waals surface area contributed by atoms with E-state index < -0.39 is 0 Å². The van der Waals surface area contributed by atoms with Crippen LogP contribution in [0.5, 0.6) is 5.75 Å². The predicted molar refractivity (Wildman–Crippen MR) is 80.1 cm³/mol. The molecule has 0 radical (unpaired) electrons. The van der Waals surface area contributed by atoms with E-state index in [1.165, 1.54) is 23.3 Å². The molecule has 1 saturated carbocycles. The van der Waals surface area contributed by atoms with E-state index in [1.807, 2.05) is 30.9 Å². The maximum atomic E-state index is 5.89. The highest BCUT2D eigenvalue weighted by Crippen LogP contribution is 2.22. The smallest absolute Gasteiger partial charge is 0.142 e. The van der Waals surface area contributed by atoms with E-state index in [4.69, 9.17) is 4.74 Å². The van der Waals surface area contributed by atoms with E-state index >= 15 is 0 Å². The second-order valence-corrected chi connectivity index (χ2v) is 6.04. The highest BCUT2D eigenvalue weighted by atomic mass is 32.1. The van der Waals surface area contributed by atoms with Crippen LogP contribution in [0.4, 0.5) is 0 Å². The van der Waals surface area contributed by atoms with Gasteiger partial charge in [-0.3, -0.25) is 4.98 Å². The zero-order valence-electron chi connectivity index (χ0n) is 11.6. The molecule has 0 atom stereocenters. The van der Waals surface area contributed by atoms with Crippen molar-refractivity contribution in [1.82, 2.24) is 15.3 Å². The summed E-state index contributed by atoms with van der Waals surface area (Å²) < 4.78 is 5.89. The van der Waals surface area contributed by atoms with Gasteiger partial charge in [-0.25, -0.2) is 4.98 Å². The zero-order valence-corrected chi connectivity index (χ0v) is 12.4. The molecule has 106 valence electrons. The molecule has 0 saturated heterocycles. The van der Waals surface area contributed by atoms with Crippen LogP contribution in [0.2, 0.25) is 0 Å². The summed E-state index contributed by atoms with van der Waals surface area (Å²) in [5, 5.41) is 3.51. The van der Waals surface area contributed by atoms with Gasteiger partial charge in [0, 0.05) is 35.6 Å². The minimum absolute atomic E-state index is 0.672. The first-order chi connectivity index (χ1) is 9.83. The van der Waals surface area contributed by atoms with E-state index in [0.29, 0.717) is 12.6 Å². The number of aryl methyl sites for hydroxylation is 1. The maximum absolute atomic E-state index is 5.89. The van der Waals surface area contributed by atoms with Crippen LogP contribution in [0.3, 0.4) is 0 Å². The topological polar surface area (TPSA) is 47.0 Å². The van der Waals surface area contributed by atoms with Crippen molar-refractivity contribution >= 4 is 11.3 Å². The number of pyridine rings is 1. The molecule has 1 fully saturated rings. The van der Waals surface area contributed by atoms with Crippen LogP contribution in [0.1, 0.15) is 29.0 Å². The lowest BCUT2D eigenvalue weighted by Gasteiger charge is -2.11. The Hall–Kier alpha value is -1.46. The average molecular weight is 289 g/mol. The number of nitrogens with one attached hydrogen (secondary N) is 1. The molecule has 0 unspecified atom stereocenters. The first-order valence-electron chi connectivity index (χ1n) is 7.01. The lowest BCUT2D eigenvalue weighted by Crippen LogP contribution is -2.16. The van der Waals surface area contributed by atoms with Gasteiger partial charge >= 0.3 is 0 Å². The zero-order chi connectivity index (χ0) is 13.8. The van der Waals surface area contributed by atoms with Crippen molar-refractivity contribution in [3.63, 3.8) is 0 Å². The molecule has 4 nitrogen and oxygen atoms in total. The molecule has 0 aromatic carbocycles. The number of thiazole rings is 1. The molecular weight excluding hydrogens is 270 g/mol. The summed E-state index contributed by atoms with van der Waals surface area (Å²) in [6.07, 6.45) is 7.13. The third-order valence-electron chi connectivity index (χ3n) is 3.46. The molecule has 2 heterocycles. The Morgan fingerprint density at radius 3 is 3.10 bits per heavy atom. The van der Waals surface area contributed by atoms with E-state index in [9.17, 15) is 0 Å². The van der Waals surface area contributed by atoms with Crippen molar-refractivity contribution in [2.75, 3.05) is 6.61 Å². The fraction of sp³-hybridized carbons (Fsp3) is 0.467. The number of hydrogen-bond acceptors (Lipinski definition) is 5. The van der Waals surface area contributed by atoms with E-state index in [2.05, 4.69) is 15.3 Å². The monoisotopic (exact) mass is 289 g/mol. The minimum atomic E-state index is 0.672. The van der Waals surface area contributed by atoms with Crippen LogP contribution in [-0.2, 0) is 13.0 Å². The molecule has 1 N–H and O–H groups in total. The Bertz CT molecular complexity index is 566. The van der Waals surface area contributed by atoms with Gasteiger partial charge in [-0.2, -0.15) is 0 Å². The van der Waals surface area contributed by atoms with Crippen LogP contribution in [-0.4, -0.2) is 22.6 Å². The second-order valence-electron chi connectivity index (χ2n) is 5.10. The number of hydrogen-bond donors (Lipinski definition) is 1. The fourth-order valence-corrected chi connectivity index (χ4v) is 2.81. The largest absolute Gasteiger partial charge is 0.491 e. The quantitative estimate of drug-likeness (QED) is 0.851. The van der Waals surface area contributed by atoms with E-state index in [0.717, 1.165) is 24.4 Å². The van der Waals surface area contributed by atoms with Gasteiger partial charge in [-0.05, 0) is 25.8 Å². The minimum Gasteiger partial charge on any atom is -0.491 e. The SMILES string of the molecule is Cc1ncsc1CCOc1cnccc1CNC1CC1. The van der Waals surface area contributed by atoms with Crippen molar-refractivity contribution in [1.29, 1.82) is 0 Å². The van der Waals surface area contributed by atoms with Gasteiger partial charge in [0.15, 0.2) is 0 Å². The van der Waals surface area contributed by atoms with Crippen molar-refractivity contribution in [2.24, 2.45) is 0 Å². The molecule has 1 aliphatic rings. The summed E-state index contributed by atoms with van der Waals surface area (Å²) in [4.78, 5) is 9.71. The Labute approximate surface area is 123 Å². The lowest BCUT2D eigenvalue weighted by molar-refractivity contribution is 0.317. The second kappa shape index (κ2) is 6.33. The van der Waals surface area contributed by atoms with Gasteiger partial charge in [-0.1, -0.05) is 0 Å². The molecule has 0 spiro atoms. The van der Waals surface area contributed by atoms with Gasteiger partial charge in [-0.15, -0.1) is 11.3 Å². The molecule has 2 aromatic heterocycles. The number of rotatable bonds is 7. The van der Waals surface area contributed by atoms with Crippen LogP contribution in [0.25, 0.3) is 0 Å². The van der Waals surface area contributed by atoms with Gasteiger partial charge in [0.25, 0.3) is 0 Å². The Morgan fingerprint density at radius 2 is 2.35 bits per heavy atom. The summed E-state index contributed by atoms with van der Waals surface area (Å²) in [6, 6.07) is 2.73. The van der Waals surface area contributed by atoms with Crippen LogP contribution in [0, 0.1) is 6.92 Å². The first-order valence-corrected chi connectivity index (χ1v) is 7.89. The van der Waals surface area contributed by atoms with Crippen molar-refractivity contribution in [3.05, 3.63) is 40.1 Å². The molecule has 0 bridgehead atoms. The summed E-state index contributed by atoms with van der Waals surface area (Å²) >= 11 is 1.69. The summed E-state index contributed by atoms with van der Waals surface area (Å²) in [6.45, 7) is 3.58.